The van der Waals surface area contributed by atoms with Crippen LogP contribution in [0.3, 0.4) is 0 Å². The minimum Gasteiger partial charge on any atom is -0.493 e. The fourth-order valence-corrected chi connectivity index (χ4v) is 2.77. The Kier molecular flexibility index (Phi) is 7.04. The first-order chi connectivity index (χ1) is 10.8. The fraction of sp³-hybridized carbons (Fsp3) is 0.474. The van der Waals surface area contributed by atoms with Crippen molar-refractivity contribution >= 4 is 0 Å². The number of nitrogens with one attached hydrogen (secondary N) is 1. The maximum Gasteiger partial charge on any atom is 0.166 e. The number of para-hydroxylation sites is 1. The van der Waals surface area contributed by atoms with Crippen LogP contribution in [-0.2, 0) is 6.54 Å². The van der Waals surface area contributed by atoms with Crippen LogP contribution in [0.5, 0.6) is 11.5 Å². The normalized spacial score (nSPS) is 14.3. The third-order valence-corrected chi connectivity index (χ3v) is 3.95. The molecule has 0 heterocycles. The predicted molar refractivity (Wildman–Crippen MR) is 91.6 cm³/mol. The molecule has 1 aromatic carbocycles. The Balaban J connectivity index is 1.88. The number of hydrogen-bond acceptors (Lipinski definition) is 3. The van der Waals surface area contributed by atoms with E-state index in [0.717, 1.165) is 36.6 Å². The molecule has 0 bridgehead atoms. The number of hydrogen-bond donors (Lipinski definition) is 1. The van der Waals surface area contributed by atoms with Gasteiger partial charge in [0.25, 0.3) is 0 Å². The molecule has 0 aromatic heterocycles. The Morgan fingerprint density at radius 1 is 1.32 bits per heavy atom. The van der Waals surface area contributed by atoms with E-state index in [9.17, 15) is 0 Å². The second-order valence-electron chi connectivity index (χ2n) is 5.58. The van der Waals surface area contributed by atoms with Crippen LogP contribution in [0, 0.1) is 0 Å². The van der Waals surface area contributed by atoms with Crippen LogP contribution in [0.1, 0.15) is 37.7 Å². The van der Waals surface area contributed by atoms with Gasteiger partial charge in [-0.1, -0.05) is 36.4 Å². The summed E-state index contributed by atoms with van der Waals surface area (Å²) in [5, 5.41) is 3.51. The van der Waals surface area contributed by atoms with Crippen LogP contribution in [0.2, 0.25) is 0 Å². The molecule has 1 aliphatic rings. The quantitative estimate of drug-likeness (QED) is 0.546. The van der Waals surface area contributed by atoms with Crippen molar-refractivity contribution in [1.29, 1.82) is 0 Å². The molecular formula is C19H27NO2. The zero-order valence-corrected chi connectivity index (χ0v) is 13.6. The van der Waals surface area contributed by atoms with E-state index in [4.69, 9.17) is 9.47 Å². The van der Waals surface area contributed by atoms with E-state index in [2.05, 4.69) is 24.0 Å². The van der Waals surface area contributed by atoms with E-state index in [0.29, 0.717) is 6.61 Å². The molecule has 1 aromatic rings. The van der Waals surface area contributed by atoms with Crippen LogP contribution >= 0.6 is 0 Å². The van der Waals surface area contributed by atoms with Crippen LogP contribution in [-0.4, -0.2) is 20.3 Å². The first kappa shape index (κ1) is 16.6. The van der Waals surface area contributed by atoms with Gasteiger partial charge in [-0.3, -0.25) is 0 Å². The maximum atomic E-state index is 5.76. The Hall–Kier alpha value is -1.74. The molecule has 0 saturated carbocycles. The highest BCUT2D eigenvalue weighted by Crippen LogP contribution is 2.31. The van der Waals surface area contributed by atoms with Gasteiger partial charge in [-0.25, -0.2) is 0 Å². The number of benzene rings is 1. The molecule has 0 amide bonds. The lowest BCUT2D eigenvalue weighted by Crippen LogP contribution is -2.16. The predicted octanol–water partition coefficient (Wildman–Crippen LogP) is 4.24. The van der Waals surface area contributed by atoms with Crippen molar-refractivity contribution in [3.8, 4) is 11.5 Å². The van der Waals surface area contributed by atoms with Gasteiger partial charge in [-0.2, -0.15) is 0 Å². The maximum absolute atomic E-state index is 5.76. The van der Waals surface area contributed by atoms with Crippen molar-refractivity contribution in [2.24, 2.45) is 0 Å². The third kappa shape index (κ3) is 4.92. The summed E-state index contributed by atoms with van der Waals surface area (Å²) in [5.74, 6) is 1.59. The van der Waals surface area contributed by atoms with Gasteiger partial charge in [-0.05, 0) is 44.7 Å². The molecule has 3 nitrogen and oxygen atoms in total. The standard InChI is InChI=1S/C19H27NO2/c1-3-14-22-19-17(10-7-11-18(19)21-2)15-20-13-12-16-8-5-4-6-9-16/h3,7-8,10-11,20H,1,4-6,9,12-15H2,2H3. The molecule has 1 aliphatic carbocycles. The minimum absolute atomic E-state index is 0.486. The second kappa shape index (κ2) is 9.31. The van der Waals surface area contributed by atoms with Crippen molar-refractivity contribution in [3.05, 3.63) is 48.1 Å². The molecule has 0 spiro atoms. The zero-order chi connectivity index (χ0) is 15.6. The molecule has 2 rings (SSSR count). The van der Waals surface area contributed by atoms with Crippen molar-refractivity contribution in [3.63, 3.8) is 0 Å². The van der Waals surface area contributed by atoms with Crippen molar-refractivity contribution in [2.45, 2.75) is 38.6 Å². The van der Waals surface area contributed by atoms with Gasteiger partial charge in [0, 0.05) is 12.1 Å². The summed E-state index contributed by atoms with van der Waals surface area (Å²) < 4.78 is 11.1. The highest BCUT2D eigenvalue weighted by atomic mass is 16.5. The van der Waals surface area contributed by atoms with Crippen molar-refractivity contribution in [2.75, 3.05) is 20.3 Å². The summed E-state index contributed by atoms with van der Waals surface area (Å²) in [5.41, 5.74) is 2.73. The fourth-order valence-electron chi connectivity index (χ4n) is 2.77. The zero-order valence-electron chi connectivity index (χ0n) is 13.6. The van der Waals surface area contributed by atoms with Gasteiger partial charge in [0.1, 0.15) is 6.61 Å². The molecular weight excluding hydrogens is 274 g/mol. The molecule has 0 atom stereocenters. The van der Waals surface area contributed by atoms with Crippen molar-refractivity contribution < 1.29 is 9.47 Å². The molecule has 120 valence electrons. The van der Waals surface area contributed by atoms with Gasteiger partial charge in [-0.15, -0.1) is 0 Å². The van der Waals surface area contributed by atoms with E-state index >= 15 is 0 Å². The number of ether oxygens (including phenoxy) is 2. The highest BCUT2D eigenvalue weighted by Gasteiger charge is 2.10. The van der Waals surface area contributed by atoms with Gasteiger partial charge in [0.2, 0.25) is 0 Å². The molecule has 0 fully saturated rings. The summed E-state index contributed by atoms with van der Waals surface area (Å²) in [7, 11) is 1.67. The van der Waals surface area contributed by atoms with E-state index in [1.165, 1.54) is 25.7 Å². The largest absolute Gasteiger partial charge is 0.493 e. The Morgan fingerprint density at radius 3 is 2.95 bits per heavy atom. The summed E-state index contributed by atoms with van der Waals surface area (Å²) in [6.07, 6.45) is 10.5. The molecule has 0 radical (unpaired) electrons. The number of allylic oxidation sites excluding steroid dienone is 1. The third-order valence-electron chi connectivity index (χ3n) is 3.95. The van der Waals surface area contributed by atoms with Crippen LogP contribution < -0.4 is 14.8 Å². The Labute approximate surface area is 134 Å². The lowest BCUT2D eigenvalue weighted by molar-refractivity contribution is 0.322. The van der Waals surface area contributed by atoms with Crippen LogP contribution in [0.4, 0.5) is 0 Å². The average Bonchev–Trinajstić information content (AvgIpc) is 2.58. The molecule has 0 aliphatic heterocycles. The van der Waals surface area contributed by atoms with E-state index in [-0.39, 0.29) is 0 Å². The summed E-state index contributed by atoms with van der Waals surface area (Å²) in [6, 6.07) is 6.00. The summed E-state index contributed by atoms with van der Waals surface area (Å²) in [4.78, 5) is 0. The lowest BCUT2D eigenvalue weighted by Gasteiger charge is -2.16. The first-order valence-corrected chi connectivity index (χ1v) is 8.13. The topological polar surface area (TPSA) is 30.5 Å². The summed E-state index contributed by atoms with van der Waals surface area (Å²) in [6.45, 7) is 5.98. The minimum atomic E-state index is 0.486. The molecule has 0 saturated heterocycles. The molecule has 22 heavy (non-hydrogen) atoms. The molecule has 3 heteroatoms. The van der Waals surface area contributed by atoms with Crippen molar-refractivity contribution in [1.82, 2.24) is 5.32 Å². The van der Waals surface area contributed by atoms with Crippen LogP contribution in [0.15, 0.2) is 42.5 Å². The van der Waals surface area contributed by atoms with Gasteiger partial charge >= 0.3 is 0 Å². The lowest BCUT2D eigenvalue weighted by atomic mass is 9.97. The van der Waals surface area contributed by atoms with E-state index in [1.54, 1.807) is 18.8 Å². The Bertz CT molecular complexity index is 508. The average molecular weight is 301 g/mol. The van der Waals surface area contributed by atoms with Gasteiger partial charge in [0.15, 0.2) is 11.5 Å². The SMILES string of the molecule is C=CCOc1c(CNCCC2=CCCCC2)cccc1OC. The second-order valence-corrected chi connectivity index (χ2v) is 5.58. The molecule has 1 N–H and O–H groups in total. The van der Waals surface area contributed by atoms with E-state index in [1.807, 2.05) is 12.1 Å². The van der Waals surface area contributed by atoms with Gasteiger partial charge in [0.05, 0.1) is 7.11 Å². The smallest absolute Gasteiger partial charge is 0.166 e. The molecule has 0 unspecified atom stereocenters. The number of rotatable bonds is 9. The monoisotopic (exact) mass is 301 g/mol. The van der Waals surface area contributed by atoms with Crippen LogP contribution in [0.25, 0.3) is 0 Å². The Morgan fingerprint density at radius 2 is 2.23 bits per heavy atom. The summed E-state index contributed by atoms with van der Waals surface area (Å²) >= 11 is 0. The van der Waals surface area contributed by atoms with E-state index < -0.39 is 0 Å². The number of methoxy groups -OCH3 is 1. The highest BCUT2D eigenvalue weighted by molar-refractivity contribution is 5.46. The first-order valence-electron chi connectivity index (χ1n) is 8.13. The van der Waals surface area contributed by atoms with Gasteiger partial charge < -0.3 is 14.8 Å².